The first-order valence-electron chi connectivity index (χ1n) is 4.63. The van der Waals surface area contributed by atoms with Crippen molar-refractivity contribution in [1.82, 2.24) is 25.1 Å². The van der Waals surface area contributed by atoms with Crippen molar-refractivity contribution in [3.63, 3.8) is 0 Å². The van der Waals surface area contributed by atoms with Gasteiger partial charge in [-0.25, -0.2) is 0 Å². The van der Waals surface area contributed by atoms with Gasteiger partial charge in [0.2, 0.25) is 0 Å². The summed E-state index contributed by atoms with van der Waals surface area (Å²) < 4.78 is 0. The summed E-state index contributed by atoms with van der Waals surface area (Å²) in [5.74, 6) is 0.747. The second-order valence-electron chi connectivity index (χ2n) is 3.50. The van der Waals surface area contributed by atoms with E-state index < -0.39 is 0 Å². The van der Waals surface area contributed by atoms with Gasteiger partial charge in [0.15, 0.2) is 5.82 Å². The summed E-state index contributed by atoms with van der Waals surface area (Å²) in [6, 6.07) is 0. The number of nitrogens with zero attached hydrogens (tertiary/aromatic N) is 5. The standard InChI is InChI=1S/C8H16ClN5/c1-7(9)4-5-13(2)6-8-10-12-14(3)11-8/h7H,4-6H2,1-3H3. The number of aryl methyl sites for hydroxylation is 1. The molecule has 1 rings (SSSR count). The minimum absolute atomic E-state index is 0.215. The first kappa shape index (κ1) is 11.4. The SMILES string of the molecule is CC(Cl)CCN(C)Cc1nnn(C)n1. The summed E-state index contributed by atoms with van der Waals surface area (Å²) in [5, 5.41) is 12.0. The normalized spacial score (nSPS) is 13.5. The van der Waals surface area contributed by atoms with Gasteiger partial charge >= 0.3 is 0 Å². The lowest BCUT2D eigenvalue weighted by atomic mass is 10.3. The van der Waals surface area contributed by atoms with E-state index in [1.165, 1.54) is 4.80 Å². The van der Waals surface area contributed by atoms with Crippen molar-refractivity contribution >= 4 is 11.6 Å². The lowest BCUT2D eigenvalue weighted by Gasteiger charge is -2.14. The zero-order valence-corrected chi connectivity index (χ0v) is 9.57. The van der Waals surface area contributed by atoms with E-state index in [9.17, 15) is 0 Å². The third-order valence-corrected chi connectivity index (χ3v) is 2.09. The van der Waals surface area contributed by atoms with E-state index in [0.29, 0.717) is 0 Å². The second-order valence-corrected chi connectivity index (χ2v) is 4.25. The van der Waals surface area contributed by atoms with Gasteiger partial charge in [-0.1, -0.05) is 0 Å². The molecule has 0 aliphatic rings. The average Bonchev–Trinajstić information content (AvgIpc) is 2.48. The number of hydrogen-bond acceptors (Lipinski definition) is 4. The van der Waals surface area contributed by atoms with Crippen LogP contribution in [0, 0.1) is 0 Å². The van der Waals surface area contributed by atoms with Crippen LogP contribution in [0.4, 0.5) is 0 Å². The van der Waals surface area contributed by atoms with Crippen molar-refractivity contribution in [3.8, 4) is 0 Å². The highest BCUT2D eigenvalue weighted by molar-refractivity contribution is 6.20. The Morgan fingerprint density at radius 2 is 2.29 bits per heavy atom. The molecule has 0 amide bonds. The average molecular weight is 218 g/mol. The van der Waals surface area contributed by atoms with Crippen molar-refractivity contribution in [3.05, 3.63) is 5.82 Å². The maximum Gasteiger partial charge on any atom is 0.188 e. The van der Waals surface area contributed by atoms with Gasteiger partial charge in [-0.3, -0.25) is 4.90 Å². The van der Waals surface area contributed by atoms with Gasteiger partial charge in [-0.15, -0.1) is 21.8 Å². The number of hydrogen-bond donors (Lipinski definition) is 0. The van der Waals surface area contributed by atoms with E-state index >= 15 is 0 Å². The van der Waals surface area contributed by atoms with E-state index in [4.69, 9.17) is 11.6 Å². The molecule has 0 radical (unpaired) electrons. The molecule has 0 aliphatic heterocycles. The van der Waals surface area contributed by atoms with E-state index in [-0.39, 0.29) is 5.38 Å². The summed E-state index contributed by atoms with van der Waals surface area (Å²) in [7, 11) is 3.78. The molecule has 5 nitrogen and oxygen atoms in total. The molecular weight excluding hydrogens is 202 g/mol. The molecule has 0 N–H and O–H groups in total. The number of aromatic nitrogens is 4. The maximum absolute atomic E-state index is 5.85. The summed E-state index contributed by atoms with van der Waals surface area (Å²) in [4.78, 5) is 3.60. The Labute approximate surface area is 89.0 Å². The van der Waals surface area contributed by atoms with Crippen LogP contribution in [0.15, 0.2) is 0 Å². The lowest BCUT2D eigenvalue weighted by molar-refractivity contribution is 0.313. The van der Waals surface area contributed by atoms with Crippen molar-refractivity contribution in [2.45, 2.75) is 25.3 Å². The van der Waals surface area contributed by atoms with Crippen LogP contribution in [0.3, 0.4) is 0 Å². The zero-order valence-electron chi connectivity index (χ0n) is 8.81. The fourth-order valence-corrected chi connectivity index (χ4v) is 1.20. The molecule has 80 valence electrons. The van der Waals surface area contributed by atoms with Gasteiger partial charge in [-0.2, -0.15) is 4.80 Å². The number of halogens is 1. The molecule has 0 spiro atoms. The first-order valence-corrected chi connectivity index (χ1v) is 5.07. The smallest absolute Gasteiger partial charge is 0.188 e. The van der Waals surface area contributed by atoms with Crippen LogP contribution >= 0.6 is 11.6 Å². The molecule has 1 aromatic heterocycles. The highest BCUT2D eigenvalue weighted by Crippen LogP contribution is 2.02. The van der Waals surface area contributed by atoms with E-state index in [2.05, 4.69) is 20.3 Å². The molecule has 0 saturated heterocycles. The second kappa shape index (κ2) is 5.26. The van der Waals surface area contributed by atoms with Crippen molar-refractivity contribution in [2.75, 3.05) is 13.6 Å². The van der Waals surface area contributed by atoms with Crippen LogP contribution < -0.4 is 0 Å². The molecule has 6 heteroatoms. The van der Waals surface area contributed by atoms with Crippen LogP contribution in [0.5, 0.6) is 0 Å². The zero-order chi connectivity index (χ0) is 10.6. The number of tetrazole rings is 1. The largest absolute Gasteiger partial charge is 0.299 e. The number of rotatable bonds is 5. The van der Waals surface area contributed by atoms with Gasteiger partial charge in [0.05, 0.1) is 13.6 Å². The minimum atomic E-state index is 0.215. The molecule has 1 aromatic rings. The molecule has 0 aromatic carbocycles. The molecule has 0 fully saturated rings. The van der Waals surface area contributed by atoms with Gasteiger partial charge in [0.1, 0.15) is 0 Å². The summed E-state index contributed by atoms with van der Waals surface area (Å²) in [6.07, 6.45) is 0.971. The number of alkyl halides is 1. The van der Waals surface area contributed by atoms with Gasteiger partial charge in [0, 0.05) is 5.38 Å². The predicted molar refractivity (Wildman–Crippen MR) is 55.1 cm³/mol. The molecule has 0 bridgehead atoms. The van der Waals surface area contributed by atoms with Crippen molar-refractivity contribution in [2.24, 2.45) is 7.05 Å². The van der Waals surface area contributed by atoms with Crippen LogP contribution in [-0.2, 0) is 13.6 Å². The monoisotopic (exact) mass is 217 g/mol. The Morgan fingerprint density at radius 3 is 2.79 bits per heavy atom. The molecule has 1 heterocycles. The third-order valence-electron chi connectivity index (χ3n) is 1.87. The fourth-order valence-electron chi connectivity index (χ4n) is 1.11. The Kier molecular flexibility index (Phi) is 4.28. The molecule has 0 aliphatic carbocycles. The topological polar surface area (TPSA) is 46.8 Å². The van der Waals surface area contributed by atoms with Crippen molar-refractivity contribution < 1.29 is 0 Å². The van der Waals surface area contributed by atoms with E-state index in [1.54, 1.807) is 7.05 Å². The summed E-state index contributed by atoms with van der Waals surface area (Å²) in [6.45, 7) is 3.66. The fraction of sp³-hybridized carbons (Fsp3) is 0.875. The predicted octanol–water partition coefficient (Wildman–Crippen LogP) is 0.659. The molecular formula is C8H16ClN5. The first-order chi connectivity index (χ1) is 6.58. The Balaban J connectivity index is 2.30. The molecule has 14 heavy (non-hydrogen) atoms. The molecule has 1 unspecified atom stereocenters. The van der Waals surface area contributed by atoms with Crippen LogP contribution in [-0.4, -0.2) is 44.1 Å². The molecule has 0 saturated carbocycles. The highest BCUT2D eigenvalue weighted by atomic mass is 35.5. The van der Waals surface area contributed by atoms with Crippen LogP contribution in [0.1, 0.15) is 19.2 Å². The van der Waals surface area contributed by atoms with Crippen LogP contribution in [0.25, 0.3) is 0 Å². The highest BCUT2D eigenvalue weighted by Gasteiger charge is 2.06. The van der Waals surface area contributed by atoms with Gasteiger partial charge in [-0.05, 0) is 32.2 Å². The van der Waals surface area contributed by atoms with Gasteiger partial charge < -0.3 is 0 Å². The Bertz CT molecular complexity index is 272. The van der Waals surface area contributed by atoms with Crippen molar-refractivity contribution in [1.29, 1.82) is 0 Å². The lowest BCUT2D eigenvalue weighted by Crippen LogP contribution is -2.21. The Hall–Kier alpha value is -0.680. The minimum Gasteiger partial charge on any atom is -0.299 e. The quantitative estimate of drug-likeness (QED) is 0.680. The van der Waals surface area contributed by atoms with E-state index in [0.717, 1.165) is 25.3 Å². The summed E-state index contributed by atoms with van der Waals surface area (Å²) >= 11 is 5.85. The maximum atomic E-state index is 5.85. The Morgan fingerprint density at radius 1 is 1.57 bits per heavy atom. The van der Waals surface area contributed by atoms with Gasteiger partial charge in [0.25, 0.3) is 0 Å². The van der Waals surface area contributed by atoms with Crippen LogP contribution in [0.2, 0.25) is 0 Å². The third kappa shape index (κ3) is 4.02. The molecule has 1 atom stereocenters. The summed E-state index contributed by atoms with van der Waals surface area (Å²) in [5.41, 5.74) is 0. The van der Waals surface area contributed by atoms with E-state index in [1.807, 2.05) is 14.0 Å².